The first-order valence-electron chi connectivity index (χ1n) is 13.3. The Hall–Kier alpha value is -4.13. The van der Waals surface area contributed by atoms with Crippen LogP contribution in [0.1, 0.15) is 12.8 Å². The number of hydrogen-bond donors (Lipinski definition) is 2. The zero-order valence-electron chi connectivity index (χ0n) is 23.1. The number of amides is 2. The van der Waals surface area contributed by atoms with Gasteiger partial charge in [0.1, 0.15) is 0 Å². The third-order valence-corrected chi connectivity index (χ3v) is 9.37. The van der Waals surface area contributed by atoms with E-state index in [1.807, 2.05) is 12.1 Å². The molecule has 2 atom stereocenters. The number of carbonyl (C=O) groups excluding carboxylic acids is 2. The van der Waals surface area contributed by atoms with Gasteiger partial charge in [0.05, 0.1) is 17.0 Å². The molecule has 1 aliphatic heterocycles. The number of sulfonamides is 1. The van der Waals surface area contributed by atoms with Crippen LogP contribution in [0.4, 0.5) is 5.95 Å². The van der Waals surface area contributed by atoms with Crippen molar-refractivity contribution in [2.24, 2.45) is 0 Å². The molecule has 42 heavy (non-hydrogen) atoms. The second kappa shape index (κ2) is 12.4. The van der Waals surface area contributed by atoms with Crippen molar-refractivity contribution in [1.29, 1.82) is 0 Å². The number of nitrogens with one attached hydrogen (secondary N) is 2. The molecule has 0 radical (unpaired) electrons. The Morgan fingerprint density at radius 1 is 0.857 bits per heavy atom. The molecule has 11 nitrogen and oxygen atoms in total. The van der Waals surface area contributed by atoms with Gasteiger partial charge in [0.2, 0.25) is 27.8 Å². The van der Waals surface area contributed by atoms with Crippen LogP contribution in [0.25, 0.3) is 21.9 Å². The summed E-state index contributed by atoms with van der Waals surface area (Å²) in [4.78, 5) is 40.4. The summed E-state index contributed by atoms with van der Waals surface area (Å²) < 4.78 is 29.3. The standard InChI is InChI=1S/C29H30ClN7O4S/c1-31-27(38)13-24-17-36(42(40,41)26-6-4-20-11-23(30)5-3-21(20)12-26)18-25(14-28(39)32-2)37(24)29-34-15-22(16-35-29)19-7-9-33-10-8-19/h3-12,15-16,24-25H,13-14,17-18H2,1-2H3,(H,31,38)(H,32,39)/t24-,25+. The number of carbonyl (C=O) groups is 2. The minimum absolute atomic E-state index is 0.00583. The Morgan fingerprint density at radius 2 is 1.43 bits per heavy atom. The van der Waals surface area contributed by atoms with Crippen LogP contribution in [-0.2, 0) is 19.6 Å². The molecular formula is C29H30ClN7O4S. The predicted octanol–water partition coefficient (Wildman–Crippen LogP) is 2.87. The summed E-state index contributed by atoms with van der Waals surface area (Å²) in [7, 11) is -0.957. The molecule has 1 saturated heterocycles. The van der Waals surface area contributed by atoms with Gasteiger partial charge in [0, 0.05) is 75.4 Å². The van der Waals surface area contributed by atoms with Gasteiger partial charge in [-0.3, -0.25) is 14.6 Å². The molecule has 0 aliphatic carbocycles. The third kappa shape index (κ3) is 6.20. The Morgan fingerprint density at radius 3 is 2.02 bits per heavy atom. The maximum absolute atomic E-state index is 14.0. The fourth-order valence-electron chi connectivity index (χ4n) is 5.15. The van der Waals surface area contributed by atoms with Gasteiger partial charge >= 0.3 is 0 Å². The van der Waals surface area contributed by atoms with Crippen molar-refractivity contribution in [2.45, 2.75) is 29.8 Å². The van der Waals surface area contributed by atoms with E-state index >= 15 is 0 Å². The van der Waals surface area contributed by atoms with Crippen molar-refractivity contribution < 1.29 is 18.0 Å². The lowest BCUT2D eigenvalue weighted by Gasteiger charge is -2.46. The summed E-state index contributed by atoms with van der Waals surface area (Å²) in [5.74, 6) is -0.256. The zero-order valence-corrected chi connectivity index (χ0v) is 24.6. The number of piperazine rings is 1. The molecule has 0 saturated carbocycles. The first-order valence-corrected chi connectivity index (χ1v) is 15.1. The van der Waals surface area contributed by atoms with Crippen LogP contribution in [0.2, 0.25) is 5.02 Å². The van der Waals surface area contributed by atoms with E-state index in [-0.39, 0.29) is 42.6 Å². The van der Waals surface area contributed by atoms with Crippen LogP contribution >= 0.6 is 11.6 Å². The van der Waals surface area contributed by atoms with E-state index in [0.29, 0.717) is 11.0 Å². The molecular weight excluding hydrogens is 578 g/mol. The molecule has 2 aromatic heterocycles. The van der Waals surface area contributed by atoms with Crippen LogP contribution in [0.5, 0.6) is 0 Å². The molecule has 4 aromatic rings. The molecule has 2 aromatic carbocycles. The number of anilines is 1. The Bertz CT molecular complexity index is 1680. The molecule has 13 heteroatoms. The number of rotatable bonds is 8. The molecule has 2 N–H and O–H groups in total. The van der Waals surface area contributed by atoms with Gasteiger partial charge in [-0.2, -0.15) is 4.31 Å². The second-order valence-electron chi connectivity index (χ2n) is 9.95. The number of hydrogen-bond acceptors (Lipinski definition) is 8. The highest BCUT2D eigenvalue weighted by Gasteiger charge is 2.42. The summed E-state index contributed by atoms with van der Waals surface area (Å²) in [6, 6.07) is 12.5. The number of nitrogens with zero attached hydrogens (tertiary/aromatic N) is 5. The third-order valence-electron chi connectivity index (χ3n) is 7.31. The Balaban J connectivity index is 1.52. The van der Waals surface area contributed by atoms with Crippen LogP contribution in [0.15, 0.2) is 78.2 Å². The monoisotopic (exact) mass is 607 g/mol. The molecule has 0 spiro atoms. The first kappa shape index (κ1) is 29.4. The van der Waals surface area contributed by atoms with Gasteiger partial charge in [-0.1, -0.05) is 23.7 Å². The van der Waals surface area contributed by atoms with Gasteiger partial charge < -0.3 is 15.5 Å². The predicted molar refractivity (Wildman–Crippen MR) is 160 cm³/mol. The molecule has 3 heterocycles. The van der Waals surface area contributed by atoms with E-state index in [1.54, 1.807) is 66.1 Å². The number of aromatic nitrogens is 3. The lowest BCUT2D eigenvalue weighted by molar-refractivity contribution is -0.121. The fourth-order valence-corrected chi connectivity index (χ4v) is 6.88. The molecule has 5 rings (SSSR count). The quantitative estimate of drug-likeness (QED) is 0.312. The van der Waals surface area contributed by atoms with Crippen LogP contribution < -0.4 is 15.5 Å². The van der Waals surface area contributed by atoms with E-state index in [1.165, 1.54) is 18.4 Å². The summed E-state index contributed by atoms with van der Waals surface area (Å²) >= 11 is 6.10. The maximum atomic E-state index is 14.0. The van der Waals surface area contributed by atoms with Gasteiger partial charge in [-0.05, 0) is 52.7 Å². The van der Waals surface area contributed by atoms with Gasteiger partial charge in [0.25, 0.3) is 0 Å². The summed E-state index contributed by atoms with van der Waals surface area (Å²) in [6.45, 7) is -0.0117. The van der Waals surface area contributed by atoms with Crippen molar-refractivity contribution in [3.8, 4) is 11.1 Å². The SMILES string of the molecule is CNC(=O)C[C@@H]1CN(S(=O)(=O)c2ccc3cc(Cl)ccc3c2)C[C@H](CC(=O)NC)N1c1ncc(-c2ccncc2)cn1. The van der Waals surface area contributed by atoms with E-state index in [9.17, 15) is 18.0 Å². The average molecular weight is 608 g/mol. The molecule has 0 bridgehead atoms. The van der Waals surface area contributed by atoms with Crippen molar-refractivity contribution >= 4 is 50.2 Å². The van der Waals surface area contributed by atoms with Gasteiger partial charge in [0.15, 0.2) is 0 Å². The largest absolute Gasteiger partial charge is 0.359 e. The van der Waals surface area contributed by atoms with E-state index in [2.05, 4.69) is 25.6 Å². The highest BCUT2D eigenvalue weighted by molar-refractivity contribution is 7.89. The van der Waals surface area contributed by atoms with Crippen LogP contribution in [-0.4, -0.2) is 78.8 Å². The summed E-state index contributed by atoms with van der Waals surface area (Å²) in [6.07, 6.45) is 6.61. The number of pyridine rings is 1. The molecule has 1 fully saturated rings. The summed E-state index contributed by atoms with van der Waals surface area (Å²) in [5.41, 5.74) is 1.65. The van der Waals surface area contributed by atoms with E-state index in [0.717, 1.165) is 21.9 Å². The van der Waals surface area contributed by atoms with Crippen LogP contribution in [0.3, 0.4) is 0 Å². The number of benzene rings is 2. The molecule has 2 amide bonds. The van der Waals surface area contributed by atoms with Gasteiger partial charge in [-0.15, -0.1) is 0 Å². The number of halogens is 1. The van der Waals surface area contributed by atoms with E-state index in [4.69, 9.17) is 11.6 Å². The minimum Gasteiger partial charge on any atom is -0.359 e. The first-order chi connectivity index (χ1) is 20.2. The smallest absolute Gasteiger partial charge is 0.243 e. The summed E-state index contributed by atoms with van der Waals surface area (Å²) in [5, 5.41) is 7.34. The van der Waals surface area contributed by atoms with Crippen molar-refractivity contribution in [1.82, 2.24) is 29.9 Å². The van der Waals surface area contributed by atoms with Gasteiger partial charge in [-0.25, -0.2) is 18.4 Å². The molecule has 218 valence electrons. The maximum Gasteiger partial charge on any atom is 0.243 e. The Kier molecular flexibility index (Phi) is 8.66. The normalized spacial score (nSPS) is 17.6. The highest BCUT2D eigenvalue weighted by atomic mass is 35.5. The Labute approximate surface area is 249 Å². The lowest BCUT2D eigenvalue weighted by Crippen LogP contribution is -2.62. The average Bonchev–Trinajstić information content (AvgIpc) is 3.01. The van der Waals surface area contributed by atoms with E-state index < -0.39 is 22.1 Å². The molecule has 1 aliphatic rings. The lowest BCUT2D eigenvalue weighted by atomic mass is 10.0. The minimum atomic E-state index is -4.00. The van der Waals surface area contributed by atoms with Crippen LogP contribution in [0, 0.1) is 0 Å². The topological polar surface area (TPSA) is 137 Å². The zero-order chi connectivity index (χ0) is 29.9. The molecule has 0 unspecified atom stereocenters. The van der Waals surface area contributed by atoms with Crippen molar-refractivity contribution in [3.05, 3.63) is 78.3 Å². The fraction of sp³-hybridized carbons (Fsp3) is 0.276. The van der Waals surface area contributed by atoms with Crippen molar-refractivity contribution in [2.75, 3.05) is 32.1 Å². The second-order valence-corrected chi connectivity index (χ2v) is 12.3. The van der Waals surface area contributed by atoms with Crippen molar-refractivity contribution in [3.63, 3.8) is 0 Å². The highest BCUT2D eigenvalue weighted by Crippen LogP contribution is 2.31. The number of fused-ring (bicyclic) bond motifs is 1.